The van der Waals surface area contributed by atoms with Gasteiger partial charge in [-0.25, -0.2) is 9.59 Å². The Morgan fingerprint density at radius 2 is 0.786 bits per heavy atom. The summed E-state index contributed by atoms with van der Waals surface area (Å²) >= 11 is 0. The second kappa shape index (κ2) is 12.0. The summed E-state index contributed by atoms with van der Waals surface area (Å²) in [5.74, 6) is 0. The molecule has 6 N–H and O–H groups in total. The minimum Gasteiger partial charge on any atom is -0.308 e. The van der Waals surface area contributed by atoms with Gasteiger partial charge < -0.3 is 21.3 Å². The summed E-state index contributed by atoms with van der Waals surface area (Å²) in [7, 11) is -9.92. The van der Waals surface area contributed by atoms with Gasteiger partial charge in [-0.3, -0.25) is 9.11 Å². The Bertz CT molecular complexity index is 1740. The predicted molar refractivity (Wildman–Crippen MR) is 159 cm³/mol. The highest BCUT2D eigenvalue weighted by Crippen LogP contribution is 2.36. The fraction of sp³-hybridized carbons (Fsp3) is 0.0714. The molecule has 218 valence electrons. The molecule has 0 saturated heterocycles. The molecule has 0 aliphatic rings. The molecule has 0 aliphatic heterocycles. The van der Waals surface area contributed by atoms with E-state index >= 15 is 0 Å². The molecule has 0 heterocycles. The molecule has 14 heteroatoms. The van der Waals surface area contributed by atoms with Gasteiger partial charge in [-0.2, -0.15) is 16.8 Å². The number of hydrogen-bond donors (Lipinski definition) is 6. The maximum Gasteiger partial charge on any atom is 0.323 e. The fourth-order valence-corrected chi connectivity index (χ4v) is 5.40. The largest absolute Gasteiger partial charge is 0.323 e. The van der Waals surface area contributed by atoms with E-state index < -0.39 is 42.1 Å². The lowest BCUT2D eigenvalue weighted by Gasteiger charge is -2.15. The minimum absolute atomic E-state index is 0.0320. The van der Waals surface area contributed by atoms with Crippen LogP contribution in [0.2, 0.25) is 0 Å². The molecule has 4 aromatic rings. The highest BCUT2D eigenvalue weighted by molar-refractivity contribution is 7.86. The molecule has 4 rings (SSSR count). The van der Waals surface area contributed by atoms with Gasteiger partial charge in [0, 0.05) is 33.9 Å². The van der Waals surface area contributed by atoms with Crippen LogP contribution in [-0.4, -0.2) is 38.0 Å². The van der Waals surface area contributed by atoms with Crippen molar-refractivity contribution < 1.29 is 35.5 Å². The van der Waals surface area contributed by atoms with Crippen LogP contribution in [-0.2, 0) is 20.2 Å². The van der Waals surface area contributed by atoms with Crippen LogP contribution in [0.3, 0.4) is 0 Å². The van der Waals surface area contributed by atoms with E-state index in [1.165, 1.54) is 12.1 Å². The van der Waals surface area contributed by atoms with Crippen molar-refractivity contribution in [2.75, 3.05) is 21.3 Å². The first-order valence-electron chi connectivity index (χ1n) is 12.2. The third kappa shape index (κ3) is 7.70. The Kier molecular flexibility index (Phi) is 8.63. The maximum atomic E-state index is 12.4. The van der Waals surface area contributed by atoms with E-state index in [1.807, 2.05) is 13.8 Å². The first-order valence-corrected chi connectivity index (χ1v) is 15.1. The third-order valence-corrected chi connectivity index (χ3v) is 7.73. The molecule has 0 aliphatic carbocycles. The minimum atomic E-state index is -4.96. The average Bonchev–Trinajstić information content (AvgIpc) is 2.90. The van der Waals surface area contributed by atoms with Gasteiger partial charge in [-0.1, -0.05) is 47.5 Å². The zero-order chi connectivity index (χ0) is 30.7. The zero-order valence-electron chi connectivity index (χ0n) is 22.2. The molecular formula is C28H26N4O8S2. The number of carbonyl (C=O) groups excluding carboxylic acids is 2. The maximum absolute atomic E-state index is 12.4. The lowest BCUT2D eigenvalue weighted by Crippen LogP contribution is -2.20. The van der Waals surface area contributed by atoms with Gasteiger partial charge in [0.1, 0.15) is 9.79 Å². The zero-order valence-corrected chi connectivity index (χ0v) is 23.9. The average molecular weight is 611 g/mol. The van der Waals surface area contributed by atoms with Crippen molar-refractivity contribution >= 4 is 55.0 Å². The molecule has 0 fully saturated rings. The molecule has 4 amide bonds. The molecule has 0 bridgehead atoms. The summed E-state index contributed by atoms with van der Waals surface area (Å²) < 4.78 is 69.1. The number of carbonyl (C=O) groups is 2. The summed E-state index contributed by atoms with van der Waals surface area (Å²) in [5.41, 5.74) is 2.27. The van der Waals surface area contributed by atoms with E-state index in [4.69, 9.17) is 0 Å². The summed E-state index contributed by atoms with van der Waals surface area (Å²) in [6.45, 7) is 3.76. The summed E-state index contributed by atoms with van der Waals surface area (Å²) in [6.07, 6.45) is 0. The van der Waals surface area contributed by atoms with E-state index in [-0.39, 0.29) is 22.5 Å². The number of urea groups is 2. The normalized spacial score (nSPS) is 11.4. The Morgan fingerprint density at radius 1 is 0.500 bits per heavy atom. The van der Waals surface area contributed by atoms with Crippen molar-refractivity contribution in [3.05, 3.63) is 96.1 Å². The monoisotopic (exact) mass is 610 g/mol. The second-order valence-corrected chi connectivity index (χ2v) is 12.0. The highest BCUT2D eigenvalue weighted by Gasteiger charge is 2.24. The molecule has 0 aromatic heterocycles. The van der Waals surface area contributed by atoms with Crippen molar-refractivity contribution in [3.63, 3.8) is 0 Å². The van der Waals surface area contributed by atoms with Crippen molar-refractivity contribution in [1.29, 1.82) is 0 Å². The third-order valence-electron chi connectivity index (χ3n) is 5.94. The molecule has 0 saturated carbocycles. The summed E-state index contributed by atoms with van der Waals surface area (Å²) in [4.78, 5) is 23.4. The van der Waals surface area contributed by atoms with E-state index in [0.29, 0.717) is 11.4 Å². The molecule has 0 radical (unpaired) electrons. The van der Waals surface area contributed by atoms with E-state index in [9.17, 15) is 35.5 Å². The molecule has 0 atom stereocenters. The lowest BCUT2D eigenvalue weighted by atomic mass is 10.0. The standard InChI is InChI=1S/C28H26N4O8S2/c1-17-3-7-19(8-4-17)29-27(33)31-21-11-13-23(25(15-21)41(35,36)37)24-14-12-22(16-26(24)42(38,39)40)32-28(34)30-20-9-5-18(2)6-10-20/h3-16H,1-2H3,(H2,29,31,33)(H2,30,32,34)(H,35,36,37)(H,38,39,40). The number of anilines is 4. The Morgan fingerprint density at radius 3 is 1.10 bits per heavy atom. The van der Waals surface area contributed by atoms with Crippen molar-refractivity contribution in [2.24, 2.45) is 0 Å². The van der Waals surface area contributed by atoms with Gasteiger partial charge in [0.25, 0.3) is 20.2 Å². The van der Waals surface area contributed by atoms with E-state index in [2.05, 4.69) is 21.3 Å². The fourth-order valence-electron chi connectivity index (χ4n) is 3.93. The Balaban J connectivity index is 1.64. The van der Waals surface area contributed by atoms with E-state index in [0.717, 1.165) is 35.4 Å². The highest BCUT2D eigenvalue weighted by atomic mass is 32.2. The molecule has 0 unspecified atom stereocenters. The van der Waals surface area contributed by atoms with Gasteiger partial charge in [0.2, 0.25) is 0 Å². The topological polar surface area (TPSA) is 191 Å². The molecule has 4 aromatic carbocycles. The number of rotatable bonds is 7. The molecule has 42 heavy (non-hydrogen) atoms. The van der Waals surface area contributed by atoms with Crippen LogP contribution < -0.4 is 21.3 Å². The van der Waals surface area contributed by atoms with Crippen LogP contribution >= 0.6 is 0 Å². The molecular weight excluding hydrogens is 584 g/mol. The number of benzene rings is 4. The lowest BCUT2D eigenvalue weighted by molar-refractivity contribution is 0.261. The first kappa shape index (κ1) is 30.2. The quantitative estimate of drug-likeness (QED) is 0.142. The predicted octanol–water partition coefficient (Wildman–Crippen LogP) is 5.75. The van der Waals surface area contributed by atoms with Crippen molar-refractivity contribution in [1.82, 2.24) is 0 Å². The second-order valence-electron chi connectivity index (χ2n) is 9.26. The number of nitrogens with one attached hydrogen (secondary N) is 4. The van der Waals surface area contributed by atoms with Gasteiger partial charge in [-0.05, 0) is 62.4 Å². The van der Waals surface area contributed by atoms with Gasteiger partial charge in [0.05, 0.1) is 0 Å². The van der Waals surface area contributed by atoms with Gasteiger partial charge in [-0.15, -0.1) is 0 Å². The smallest absolute Gasteiger partial charge is 0.308 e. The molecule has 12 nitrogen and oxygen atoms in total. The van der Waals surface area contributed by atoms with Crippen LogP contribution in [0.4, 0.5) is 32.3 Å². The van der Waals surface area contributed by atoms with Crippen molar-refractivity contribution in [3.8, 4) is 11.1 Å². The molecule has 0 spiro atoms. The SMILES string of the molecule is Cc1ccc(NC(=O)Nc2ccc(-c3ccc(NC(=O)Nc4ccc(C)cc4)cc3S(=O)(=O)O)c(S(=O)(=O)O)c2)cc1. The van der Waals surface area contributed by atoms with Crippen LogP contribution in [0.25, 0.3) is 11.1 Å². The van der Waals surface area contributed by atoms with Crippen molar-refractivity contribution in [2.45, 2.75) is 23.6 Å². The summed E-state index contributed by atoms with van der Waals surface area (Å²) in [6, 6.07) is 19.2. The Hall–Kier alpha value is -4.76. The summed E-state index contributed by atoms with van der Waals surface area (Å²) in [5, 5.41) is 10.0. The Labute approximate surface area is 242 Å². The number of hydrogen-bond acceptors (Lipinski definition) is 6. The van der Waals surface area contributed by atoms with Crippen LogP contribution in [0.5, 0.6) is 0 Å². The number of aryl methyl sites for hydroxylation is 2. The van der Waals surface area contributed by atoms with Gasteiger partial charge >= 0.3 is 12.1 Å². The first-order chi connectivity index (χ1) is 19.7. The van der Waals surface area contributed by atoms with Crippen LogP contribution in [0.15, 0.2) is 94.7 Å². The van der Waals surface area contributed by atoms with Crippen LogP contribution in [0, 0.1) is 13.8 Å². The number of amides is 4. The van der Waals surface area contributed by atoms with E-state index in [1.54, 1.807) is 48.5 Å². The van der Waals surface area contributed by atoms with Crippen LogP contribution in [0.1, 0.15) is 11.1 Å². The van der Waals surface area contributed by atoms with Gasteiger partial charge in [0.15, 0.2) is 0 Å².